The third-order valence-electron chi connectivity index (χ3n) is 6.20. The van der Waals surface area contributed by atoms with Gasteiger partial charge in [-0.2, -0.15) is 0 Å². The van der Waals surface area contributed by atoms with Crippen molar-refractivity contribution in [2.75, 3.05) is 16.8 Å². The van der Waals surface area contributed by atoms with E-state index in [0.29, 0.717) is 16.3 Å². The van der Waals surface area contributed by atoms with E-state index in [-0.39, 0.29) is 11.1 Å². The molecule has 1 saturated heterocycles. The number of barbiturate groups is 1. The van der Waals surface area contributed by atoms with Crippen LogP contribution in [0.2, 0.25) is 5.02 Å². The van der Waals surface area contributed by atoms with Crippen LogP contribution in [-0.2, 0) is 9.59 Å². The lowest BCUT2D eigenvalue weighted by Gasteiger charge is -2.40. The molecular weight excluding hydrogens is 438 g/mol. The number of anilines is 2. The fraction of sp³-hybridized carbons (Fsp3) is 0.269. The summed E-state index contributed by atoms with van der Waals surface area (Å²) in [4.78, 5) is 41.6. The highest BCUT2D eigenvalue weighted by Gasteiger charge is 2.37. The summed E-state index contributed by atoms with van der Waals surface area (Å²) >= 11 is 6.59. The summed E-state index contributed by atoms with van der Waals surface area (Å²) < 4.78 is 0. The molecule has 0 spiro atoms. The van der Waals surface area contributed by atoms with E-state index in [4.69, 9.17) is 11.6 Å². The third-order valence-corrected chi connectivity index (χ3v) is 6.53. The summed E-state index contributed by atoms with van der Waals surface area (Å²) in [5.74, 6) is -1.43. The molecule has 4 rings (SSSR count). The van der Waals surface area contributed by atoms with Gasteiger partial charge in [-0.1, -0.05) is 23.7 Å². The van der Waals surface area contributed by atoms with Crippen LogP contribution in [0.3, 0.4) is 0 Å². The molecule has 2 aromatic rings. The van der Waals surface area contributed by atoms with Crippen LogP contribution in [0, 0.1) is 13.8 Å². The second-order valence-electron chi connectivity index (χ2n) is 9.23. The summed E-state index contributed by atoms with van der Waals surface area (Å²) in [5.41, 5.74) is 5.44. The molecule has 2 aliphatic rings. The zero-order valence-electron chi connectivity index (χ0n) is 19.5. The predicted octanol–water partition coefficient (Wildman–Crippen LogP) is 5.25. The normalized spacial score (nSPS) is 18.9. The first-order valence-corrected chi connectivity index (χ1v) is 11.0. The Morgan fingerprint density at radius 3 is 2.24 bits per heavy atom. The van der Waals surface area contributed by atoms with E-state index < -0.39 is 17.8 Å². The van der Waals surface area contributed by atoms with Gasteiger partial charge < -0.3 is 4.90 Å². The van der Waals surface area contributed by atoms with E-state index in [1.807, 2.05) is 46.0 Å². The number of nitrogens with zero attached hydrogens (tertiary/aromatic N) is 2. The molecule has 0 unspecified atom stereocenters. The first-order valence-electron chi connectivity index (χ1n) is 10.7. The first-order chi connectivity index (χ1) is 15.4. The quantitative estimate of drug-likeness (QED) is 0.487. The van der Waals surface area contributed by atoms with Crippen molar-refractivity contribution in [3.63, 3.8) is 0 Å². The predicted molar refractivity (Wildman–Crippen MR) is 133 cm³/mol. The van der Waals surface area contributed by atoms with Gasteiger partial charge in [-0.25, -0.2) is 9.69 Å². The van der Waals surface area contributed by atoms with Crippen molar-refractivity contribution in [2.45, 2.75) is 40.2 Å². The maximum Gasteiger partial charge on any atom is 0.335 e. The van der Waals surface area contributed by atoms with Crippen molar-refractivity contribution in [3.8, 4) is 0 Å². The van der Waals surface area contributed by atoms with E-state index >= 15 is 0 Å². The van der Waals surface area contributed by atoms with Crippen LogP contribution >= 0.6 is 11.6 Å². The smallest absolute Gasteiger partial charge is 0.335 e. The fourth-order valence-electron chi connectivity index (χ4n) is 4.43. The van der Waals surface area contributed by atoms with Gasteiger partial charge in [0, 0.05) is 23.3 Å². The van der Waals surface area contributed by atoms with Gasteiger partial charge in [0.2, 0.25) is 0 Å². The van der Waals surface area contributed by atoms with Crippen molar-refractivity contribution in [2.24, 2.45) is 0 Å². The van der Waals surface area contributed by atoms with E-state index in [1.54, 1.807) is 12.1 Å². The largest absolute Gasteiger partial charge is 0.365 e. The minimum atomic E-state index is -0.772. The van der Waals surface area contributed by atoms with E-state index in [2.05, 4.69) is 30.1 Å². The molecule has 1 fully saturated rings. The van der Waals surface area contributed by atoms with Crippen molar-refractivity contribution in [3.05, 3.63) is 69.3 Å². The Labute approximate surface area is 198 Å². The molecule has 4 amide bonds. The number of amides is 4. The summed E-state index contributed by atoms with van der Waals surface area (Å²) in [6, 6.07) is 8.36. The van der Waals surface area contributed by atoms with Crippen LogP contribution < -0.4 is 15.1 Å². The van der Waals surface area contributed by atoms with E-state index in [0.717, 1.165) is 32.9 Å². The summed E-state index contributed by atoms with van der Waals surface area (Å²) in [6.45, 7) is 10.0. The summed E-state index contributed by atoms with van der Waals surface area (Å²) in [6.07, 6.45) is 3.62. The minimum absolute atomic E-state index is 0.151. The molecule has 0 aliphatic carbocycles. The van der Waals surface area contributed by atoms with Crippen molar-refractivity contribution >= 4 is 52.5 Å². The number of urea groups is 1. The number of allylic oxidation sites excluding steroid dienone is 1. The van der Waals surface area contributed by atoms with Crippen LogP contribution in [0.5, 0.6) is 0 Å². The number of likely N-dealkylation sites (N-methyl/N-ethyl adjacent to an activating group) is 1. The molecule has 33 heavy (non-hydrogen) atoms. The molecule has 170 valence electrons. The summed E-state index contributed by atoms with van der Waals surface area (Å²) in [5, 5.41) is 2.68. The van der Waals surface area contributed by atoms with Crippen LogP contribution in [0.4, 0.5) is 16.2 Å². The molecule has 2 heterocycles. The SMILES string of the molecule is CC1=CC(C)(C)N(C)c2cc(Cl)c(/C=C3/C(=O)NC(=O)N(c4cc(C)cc(C)c4)C3=O)cc21. The number of fused-ring (bicyclic) bond motifs is 1. The van der Waals surface area contributed by atoms with Gasteiger partial charge in [0.05, 0.1) is 11.2 Å². The molecule has 0 saturated carbocycles. The number of aryl methyl sites for hydroxylation is 2. The Hall–Kier alpha value is -3.38. The highest BCUT2D eigenvalue weighted by atomic mass is 35.5. The first kappa shape index (κ1) is 22.8. The second kappa shape index (κ2) is 7.89. The number of halogens is 1. The molecule has 0 atom stereocenters. The number of benzene rings is 2. The topological polar surface area (TPSA) is 69.7 Å². The number of nitrogens with one attached hydrogen (secondary N) is 1. The van der Waals surface area contributed by atoms with Crippen molar-refractivity contribution in [1.82, 2.24) is 5.32 Å². The highest BCUT2D eigenvalue weighted by Crippen LogP contribution is 2.41. The minimum Gasteiger partial charge on any atom is -0.365 e. The number of hydrogen-bond acceptors (Lipinski definition) is 4. The van der Waals surface area contributed by atoms with Gasteiger partial charge in [-0.05, 0) is 87.2 Å². The van der Waals surface area contributed by atoms with E-state index in [9.17, 15) is 14.4 Å². The van der Waals surface area contributed by atoms with Crippen LogP contribution in [-0.4, -0.2) is 30.4 Å². The van der Waals surface area contributed by atoms with Crippen LogP contribution in [0.25, 0.3) is 11.6 Å². The van der Waals surface area contributed by atoms with Crippen LogP contribution in [0.1, 0.15) is 43.0 Å². The molecule has 2 aromatic carbocycles. The Kier molecular flexibility index (Phi) is 5.45. The molecule has 0 radical (unpaired) electrons. The molecule has 0 aromatic heterocycles. The van der Waals surface area contributed by atoms with Gasteiger partial charge >= 0.3 is 6.03 Å². The number of rotatable bonds is 2. The monoisotopic (exact) mass is 463 g/mol. The highest BCUT2D eigenvalue weighted by molar-refractivity contribution is 6.40. The molecule has 7 heteroatoms. The number of imide groups is 2. The standard InChI is InChI=1S/C26H26ClN3O3/c1-14-7-15(2)9-18(8-14)30-24(32)20(23(31)28-25(30)33)11-17-10-19-16(3)13-26(4,5)29(6)22(19)12-21(17)27/h7-13H,1-6H3,(H,28,31,33)/b20-11-. The third kappa shape index (κ3) is 3.95. The average Bonchev–Trinajstić information content (AvgIpc) is 2.69. The Morgan fingerprint density at radius 2 is 1.61 bits per heavy atom. The maximum absolute atomic E-state index is 13.3. The van der Waals surface area contributed by atoms with Gasteiger partial charge in [0.15, 0.2) is 0 Å². The van der Waals surface area contributed by atoms with Gasteiger partial charge in [-0.15, -0.1) is 0 Å². The van der Waals surface area contributed by atoms with Crippen molar-refractivity contribution in [1.29, 1.82) is 0 Å². The number of hydrogen-bond donors (Lipinski definition) is 1. The lowest BCUT2D eigenvalue weighted by molar-refractivity contribution is -0.122. The average molecular weight is 464 g/mol. The van der Waals surface area contributed by atoms with Crippen molar-refractivity contribution < 1.29 is 14.4 Å². The zero-order chi connectivity index (χ0) is 24.2. The maximum atomic E-state index is 13.3. The summed E-state index contributed by atoms with van der Waals surface area (Å²) in [7, 11) is 2.00. The number of carbonyl (C=O) groups excluding carboxylic acids is 3. The second-order valence-corrected chi connectivity index (χ2v) is 9.64. The Morgan fingerprint density at radius 1 is 0.970 bits per heavy atom. The van der Waals surface area contributed by atoms with Gasteiger partial charge in [-0.3, -0.25) is 14.9 Å². The van der Waals surface area contributed by atoms with Crippen LogP contribution in [0.15, 0.2) is 42.0 Å². The molecule has 2 aliphatic heterocycles. The zero-order valence-corrected chi connectivity index (χ0v) is 20.3. The lowest BCUT2D eigenvalue weighted by atomic mass is 9.88. The van der Waals surface area contributed by atoms with E-state index in [1.165, 1.54) is 6.08 Å². The molecule has 6 nitrogen and oxygen atoms in total. The van der Waals surface area contributed by atoms with Gasteiger partial charge in [0.25, 0.3) is 11.8 Å². The fourth-order valence-corrected chi connectivity index (χ4v) is 4.64. The number of carbonyl (C=O) groups is 3. The van der Waals surface area contributed by atoms with Gasteiger partial charge in [0.1, 0.15) is 5.57 Å². The molecule has 0 bridgehead atoms. The molecule has 1 N–H and O–H groups in total. The molecular formula is C26H26ClN3O3. The lowest BCUT2D eigenvalue weighted by Crippen LogP contribution is -2.54. The Bertz CT molecular complexity index is 1270. The Balaban J connectivity index is 1.80.